The van der Waals surface area contributed by atoms with Crippen LogP contribution in [0.2, 0.25) is 0 Å². The van der Waals surface area contributed by atoms with Gasteiger partial charge in [-0.1, -0.05) is 0 Å². The third-order valence-corrected chi connectivity index (χ3v) is 3.43. The van der Waals surface area contributed by atoms with Gasteiger partial charge in [-0.05, 0) is 42.7 Å². The fourth-order valence-corrected chi connectivity index (χ4v) is 2.30. The summed E-state index contributed by atoms with van der Waals surface area (Å²) < 4.78 is 0. The number of carbonyl (C=O) groups is 2. The minimum Gasteiger partial charge on any atom is -0.399 e. The van der Waals surface area contributed by atoms with Gasteiger partial charge in [0.15, 0.2) is 0 Å². The summed E-state index contributed by atoms with van der Waals surface area (Å²) in [7, 11) is 0. The van der Waals surface area contributed by atoms with Gasteiger partial charge in [0.1, 0.15) is 6.04 Å². The highest BCUT2D eigenvalue weighted by Crippen LogP contribution is 2.22. The lowest BCUT2D eigenvalue weighted by Crippen LogP contribution is -2.31. The monoisotopic (exact) mass is 265 g/mol. The van der Waals surface area contributed by atoms with Crippen molar-refractivity contribution in [1.82, 2.24) is 5.32 Å². The van der Waals surface area contributed by atoms with Gasteiger partial charge in [0.2, 0.25) is 0 Å². The predicted octanol–water partition coefficient (Wildman–Crippen LogP) is 1.45. The number of nitrogen functional groups attached to an aromatic ring is 1. The van der Waals surface area contributed by atoms with Crippen LogP contribution in [0, 0.1) is 0 Å². The van der Waals surface area contributed by atoms with Crippen molar-refractivity contribution in [2.24, 2.45) is 0 Å². The van der Waals surface area contributed by atoms with Gasteiger partial charge in [-0.3, -0.25) is 4.79 Å². The molecular weight excluding hydrogens is 250 g/mol. The highest BCUT2D eigenvalue weighted by molar-refractivity contribution is 7.98. The summed E-state index contributed by atoms with van der Waals surface area (Å²) in [5, 5.41) is 2.69. The molecule has 2 rings (SSSR count). The smallest absolute Gasteiger partial charge is 0.329 e. The van der Waals surface area contributed by atoms with E-state index in [0.29, 0.717) is 17.8 Å². The summed E-state index contributed by atoms with van der Waals surface area (Å²) in [5.74, 6) is 0.644. The molecule has 1 fully saturated rings. The lowest BCUT2D eigenvalue weighted by atomic mass is 10.2. The molecule has 0 unspecified atom stereocenters. The number of hydrogen-bond acceptors (Lipinski definition) is 4. The number of nitrogens with two attached hydrogens (primary N) is 1. The molecule has 0 bridgehead atoms. The quantitative estimate of drug-likeness (QED) is 0.638. The van der Waals surface area contributed by atoms with Gasteiger partial charge in [0, 0.05) is 5.69 Å². The average molecular weight is 265 g/mol. The van der Waals surface area contributed by atoms with Crippen LogP contribution in [0.15, 0.2) is 24.3 Å². The fourth-order valence-electron chi connectivity index (χ4n) is 1.83. The Morgan fingerprint density at radius 3 is 2.61 bits per heavy atom. The van der Waals surface area contributed by atoms with Gasteiger partial charge in [-0.25, -0.2) is 9.69 Å². The van der Waals surface area contributed by atoms with Crippen LogP contribution in [0.25, 0.3) is 0 Å². The first-order chi connectivity index (χ1) is 8.63. The van der Waals surface area contributed by atoms with Crippen molar-refractivity contribution in [2.75, 3.05) is 22.6 Å². The molecule has 5 nitrogen and oxygen atoms in total. The Bertz CT molecular complexity index is 461. The van der Waals surface area contributed by atoms with Crippen LogP contribution in [-0.2, 0) is 4.79 Å². The van der Waals surface area contributed by atoms with Crippen molar-refractivity contribution in [1.29, 1.82) is 0 Å². The average Bonchev–Trinajstić information content (AvgIpc) is 2.63. The Balaban J connectivity index is 2.16. The van der Waals surface area contributed by atoms with E-state index in [9.17, 15) is 9.59 Å². The molecule has 1 aliphatic rings. The molecule has 96 valence electrons. The maximum absolute atomic E-state index is 12.1. The second-order valence-electron chi connectivity index (χ2n) is 4.05. The molecule has 1 heterocycles. The van der Waals surface area contributed by atoms with Crippen molar-refractivity contribution >= 4 is 35.1 Å². The highest BCUT2D eigenvalue weighted by Gasteiger charge is 2.38. The maximum Gasteiger partial charge on any atom is 0.329 e. The number of amides is 3. The van der Waals surface area contributed by atoms with E-state index >= 15 is 0 Å². The molecule has 0 radical (unpaired) electrons. The molecule has 1 aliphatic heterocycles. The number of thioether (sulfide) groups is 1. The number of carbonyl (C=O) groups excluding carboxylic acids is 2. The zero-order valence-corrected chi connectivity index (χ0v) is 10.9. The molecule has 3 N–H and O–H groups in total. The Kier molecular flexibility index (Phi) is 3.76. The van der Waals surface area contributed by atoms with Crippen molar-refractivity contribution in [2.45, 2.75) is 12.5 Å². The standard InChI is InChI=1S/C12H15N3O2S/c1-18-7-6-10-11(16)15(12(17)14-10)9-4-2-8(13)3-5-9/h2-5,10H,6-7,13H2,1H3,(H,14,17)/t10-/m0/s1. The summed E-state index contributed by atoms with van der Waals surface area (Å²) in [6.07, 6.45) is 2.62. The minimum atomic E-state index is -0.414. The Hall–Kier alpha value is -1.69. The molecule has 3 amide bonds. The van der Waals surface area contributed by atoms with E-state index in [4.69, 9.17) is 5.73 Å². The third kappa shape index (κ3) is 2.43. The van der Waals surface area contributed by atoms with E-state index in [-0.39, 0.29) is 11.9 Å². The van der Waals surface area contributed by atoms with Crippen molar-refractivity contribution in [3.05, 3.63) is 24.3 Å². The molecule has 1 atom stereocenters. The van der Waals surface area contributed by atoms with Gasteiger partial charge in [0.05, 0.1) is 5.69 Å². The molecule has 1 aromatic rings. The Morgan fingerprint density at radius 2 is 2.00 bits per heavy atom. The first-order valence-electron chi connectivity index (χ1n) is 5.62. The minimum absolute atomic E-state index is 0.196. The van der Waals surface area contributed by atoms with Crippen LogP contribution in [0.4, 0.5) is 16.2 Å². The number of anilines is 2. The zero-order chi connectivity index (χ0) is 13.1. The van der Waals surface area contributed by atoms with Gasteiger partial charge in [-0.15, -0.1) is 0 Å². The topological polar surface area (TPSA) is 75.4 Å². The number of nitrogens with zero attached hydrogens (tertiary/aromatic N) is 1. The van der Waals surface area contributed by atoms with Gasteiger partial charge in [0.25, 0.3) is 5.91 Å². The van der Waals surface area contributed by atoms with Crippen molar-refractivity contribution < 1.29 is 9.59 Å². The van der Waals surface area contributed by atoms with E-state index in [2.05, 4.69) is 5.32 Å². The molecule has 0 aliphatic carbocycles. The van der Waals surface area contributed by atoms with E-state index in [1.807, 2.05) is 6.26 Å². The maximum atomic E-state index is 12.1. The predicted molar refractivity (Wildman–Crippen MR) is 73.7 cm³/mol. The molecule has 1 aromatic carbocycles. The Labute approximate surface area is 110 Å². The largest absolute Gasteiger partial charge is 0.399 e. The van der Waals surface area contributed by atoms with Crippen LogP contribution in [0.5, 0.6) is 0 Å². The molecular formula is C12H15N3O2S. The SMILES string of the molecule is CSCC[C@@H]1NC(=O)N(c2ccc(N)cc2)C1=O. The molecule has 0 aromatic heterocycles. The number of benzene rings is 1. The van der Waals surface area contributed by atoms with Crippen molar-refractivity contribution in [3.63, 3.8) is 0 Å². The molecule has 18 heavy (non-hydrogen) atoms. The normalized spacial score (nSPS) is 19.2. The second-order valence-corrected chi connectivity index (χ2v) is 5.03. The molecule has 6 heteroatoms. The summed E-state index contributed by atoms with van der Waals surface area (Å²) in [4.78, 5) is 25.1. The highest BCUT2D eigenvalue weighted by atomic mass is 32.2. The summed E-state index contributed by atoms with van der Waals surface area (Å²) >= 11 is 1.65. The van der Waals surface area contributed by atoms with E-state index in [1.54, 1.807) is 36.0 Å². The van der Waals surface area contributed by atoms with Crippen molar-refractivity contribution in [3.8, 4) is 0 Å². The Morgan fingerprint density at radius 1 is 1.33 bits per heavy atom. The lowest BCUT2D eigenvalue weighted by Gasteiger charge is -2.13. The van der Waals surface area contributed by atoms with Crippen LogP contribution < -0.4 is 16.0 Å². The molecule has 1 saturated heterocycles. The summed E-state index contributed by atoms with van der Waals surface area (Å²) in [5.41, 5.74) is 6.74. The third-order valence-electron chi connectivity index (χ3n) is 2.78. The van der Waals surface area contributed by atoms with Crippen LogP contribution >= 0.6 is 11.8 Å². The summed E-state index contributed by atoms with van der Waals surface area (Å²) in [6.45, 7) is 0. The summed E-state index contributed by atoms with van der Waals surface area (Å²) in [6, 6.07) is 5.91. The number of urea groups is 1. The fraction of sp³-hybridized carbons (Fsp3) is 0.333. The molecule has 0 spiro atoms. The van der Waals surface area contributed by atoms with E-state index < -0.39 is 6.04 Å². The van der Waals surface area contributed by atoms with E-state index in [1.165, 1.54) is 4.90 Å². The van der Waals surface area contributed by atoms with Crippen LogP contribution in [0.1, 0.15) is 6.42 Å². The van der Waals surface area contributed by atoms with Gasteiger partial charge >= 0.3 is 6.03 Å². The second kappa shape index (κ2) is 5.30. The number of rotatable bonds is 4. The van der Waals surface area contributed by atoms with Crippen LogP contribution in [0.3, 0.4) is 0 Å². The first kappa shape index (κ1) is 12.8. The molecule has 0 saturated carbocycles. The van der Waals surface area contributed by atoms with Crippen LogP contribution in [-0.4, -0.2) is 30.0 Å². The number of nitrogens with one attached hydrogen (secondary N) is 1. The van der Waals surface area contributed by atoms with Gasteiger partial charge < -0.3 is 11.1 Å². The number of imide groups is 1. The lowest BCUT2D eigenvalue weighted by molar-refractivity contribution is -0.118. The first-order valence-corrected chi connectivity index (χ1v) is 7.02. The number of hydrogen-bond donors (Lipinski definition) is 2. The van der Waals surface area contributed by atoms with E-state index in [0.717, 1.165) is 5.75 Å². The van der Waals surface area contributed by atoms with Gasteiger partial charge in [-0.2, -0.15) is 11.8 Å². The zero-order valence-electron chi connectivity index (χ0n) is 10.1.